The molecule has 1 heterocycles. The smallest absolute Gasteiger partial charge is 0.317 e. The summed E-state index contributed by atoms with van der Waals surface area (Å²) in [5, 5.41) is 3.30. The SMILES string of the molecule is CN(C)c1ccc(CN(CCCN2CCOCC2)C(=O)NC2CCCCC2)cc1. The van der Waals surface area contributed by atoms with Crippen molar-refractivity contribution in [2.45, 2.75) is 51.1 Å². The van der Waals surface area contributed by atoms with Gasteiger partial charge in [0.25, 0.3) is 0 Å². The van der Waals surface area contributed by atoms with Gasteiger partial charge in [-0.25, -0.2) is 4.79 Å². The van der Waals surface area contributed by atoms with E-state index in [0.717, 1.165) is 58.7 Å². The molecule has 0 radical (unpaired) electrons. The largest absolute Gasteiger partial charge is 0.379 e. The van der Waals surface area contributed by atoms with Gasteiger partial charge in [-0.2, -0.15) is 0 Å². The maximum Gasteiger partial charge on any atom is 0.317 e. The number of hydrogen-bond acceptors (Lipinski definition) is 4. The summed E-state index contributed by atoms with van der Waals surface area (Å²) in [4.78, 5) is 19.6. The van der Waals surface area contributed by atoms with E-state index in [-0.39, 0.29) is 6.03 Å². The molecule has 29 heavy (non-hydrogen) atoms. The Morgan fingerprint density at radius 3 is 2.45 bits per heavy atom. The first kappa shape index (κ1) is 21.9. The van der Waals surface area contributed by atoms with E-state index in [4.69, 9.17) is 4.74 Å². The lowest BCUT2D eigenvalue weighted by Crippen LogP contribution is -2.46. The molecule has 1 aromatic carbocycles. The quantitative estimate of drug-likeness (QED) is 0.725. The summed E-state index contributed by atoms with van der Waals surface area (Å²) in [7, 11) is 4.09. The molecule has 1 aliphatic heterocycles. The Balaban J connectivity index is 1.57. The van der Waals surface area contributed by atoms with Crippen LogP contribution in [0.2, 0.25) is 0 Å². The fourth-order valence-electron chi connectivity index (χ4n) is 4.20. The molecule has 1 aromatic rings. The highest BCUT2D eigenvalue weighted by Gasteiger charge is 2.20. The molecular weight excluding hydrogens is 364 g/mol. The monoisotopic (exact) mass is 402 g/mol. The van der Waals surface area contributed by atoms with Crippen LogP contribution in [-0.2, 0) is 11.3 Å². The Labute approximate surface area is 176 Å². The first-order valence-electron chi connectivity index (χ1n) is 11.2. The highest BCUT2D eigenvalue weighted by molar-refractivity contribution is 5.74. The van der Waals surface area contributed by atoms with Crippen molar-refractivity contribution in [1.82, 2.24) is 15.1 Å². The van der Waals surface area contributed by atoms with Crippen LogP contribution in [0.3, 0.4) is 0 Å². The molecule has 2 amide bonds. The molecular formula is C23H38N4O2. The standard InChI is InChI=1S/C23H38N4O2/c1-25(2)22-11-9-20(10-12-22)19-27(14-6-13-26-15-17-29-18-16-26)23(28)24-21-7-4-3-5-8-21/h9-12,21H,3-8,13-19H2,1-2H3,(H,24,28). The van der Waals surface area contributed by atoms with Crippen LogP contribution in [0, 0.1) is 0 Å². The highest BCUT2D eigenvalue weighted by Crippen LogP contribution is 2.18. The number of benzene rings is 1. The van der Waals surface area contributed by atoms with E-state index >= 15 is 0 Å². The fraction of sp³-hybridized carbons (Fsp3) is 0.696. The van der Waals surface area contributed by atoms with Crippen molar-refractivity contribution in [1.29, 1.82) is 0 Å². The second-order valence-corrected chi connectivity index (χ2v) is 8.57. The van der Waals surface area contributed by atoms with Gasteiger partial charge in [0.1, 0.15) is 0 Å². The number of anilines is 1. The van der Waals surface area contributed by atoms with Crippen LogP contribution in [0.4, 0.5) is 10.5 Å². The lowest BCUT2D eigenvalue weighted by molar-refractivity contribution is 0.0364. The second kappa shape index (κ2) is 11.4. The van der Waals surface area contributed by atoms with E-state index in [0.29, 0.717) is 12.6 Å². The minimum Gasteiger partial charge on any atom is -0.379 e. The number of nitrogens with zero attached hydrogens (tertiary/aromatic N) is 3. The highest BCUT2D eigenvalue weighted by atomic mass is 16.5. The molecule has 1 saturated carbocycles. The molecule has 2 fully saturated rings. The van der Waals surface area contributed by atoms with Gasteiger partial charge in [0.2, 0.25) is 0 Å². The third kappa shape index (κ3) is 7.19. The predicted molar refractivity (Wildman–Crippen MR) is 118 cm³/mol. The zero-order valence-corrected chi connectivity index (χ0v) is 18.2. The van der Waals surface area contributed by atoms with E-state index < -0.39 is 0 Å². The van der Waals surface area contributed by atoms with Crippen LogP contribution in [0.5, 0.6) is 0 Å². The van der Waals surface area contributed by atoms with E-state index in [1.165, 1.54) is 30.5 Å². The fourth-order valence-corrected chi connectivity index (χ4v) is 4.20. The number of hydrogen-bond donors (Lipinski definition) is 1. The average Bonchev–Trinajstić information content (AvgIpc) is 2.75. The summed E-state index contributed by atoms with van der Waals surface area (Å²) in [5.74, 6) is 0. The molecule has 3 rings (SSSR count). The van der Waals surface area contributed by atoms with Gasteiger partial charge >= 0.3 is 6.03 Å². The maximum absolute atomic E-state index is 13.0. The minimum absolute atomic E-state index is 0.0931. The van der Waals surface area contributed by atoms with Crippen LogP contribution in [0.15, 0.2) is 24.3 Å². The zero-order valence-electron chi connectivity index (χ0n) is 18.2. The number of morpholine rings is 1. The van der Waals surface area contributed by atoms with Crippen LogP contribution >= 0.6 is 0 Å². The van der Waals surface area contributed by atoms with Crippen LogP contribution in [-0.4, -0.2) is 75.4 Å². The first-order chi connectivity index (χ1) is 14.1. The van der Waals surface area contributed by atoms with Crippen molar-refractivity contribution in [2.24, 2.45) is 0 Å². The van der Waals surface area contributed by atoms with Gasteiger partial charge < -0.3 is 19.9 Å². The van der Waals surface area contributed by atoms with E-state index in [9.17, 15) is 4.79 Å². The molecule has 0 bridgehead atoms. The van der Waals surface area contributed by atoms with Crippen molar-refractivity contribution in [3.8, 4) is 0 Å². The molecule has 1 N–H and O–H groups in total. The summed E-state index contributed by atoms with van der Waals surface area (Å²) in [5.41, 5.74) is 2.36. The molecule has 6 nitrogen and oxygen atoms in total. The Bertz CT molecular complexity index is 608. The number of amides is 2. The lowest BCUT2D eigenvalue weighted by atomic mass is 9.96. The third-order valence-corrected chi connectivity index (χ3v) is 6.05. The van der Waals surface area contributed by atoms with Gasteiger partial charge in [-0.3, -0.25) is 4.90 Å². The predicted octanol–water partition coefficient (Wildman–Crippen LogP) is 3.32. The normalized spacial score (nSPS) is 18.4. The Morgan fingerprint density at radius 1 is 1.10 bits per heavy atom. The molecule has 0 spiro atoms. The molecule has 1 aliphatic carbocycles. The van der Waals surface area contributed by atoms with Gasteiger partial charge in [0, 0.05) is 58.5 Å². The Hall–Kier alpha value is -1.79. The summed E-state index contributed by atoms with van der Waals surface area (Å²) >= 11 is 0. The summed E-state index contributed by atoms with van der Waals surface area (Å²) in [6, 6.07) is 8.96. The van der Waals surface area contributed by atoms with Gasteiger partial charge in [0.15, 0.2) is 0 Å². The molecule has 1 saturated heterocycles. The van der Waals surface area contributed by atoms with Crippen molar-refractivity contribution < 1.29 is 9.53 Å². The number of urea groups is 1. The van der Waals surface area contributed by atoms with E-state index in [2.05, 4.69) is 39.4 Å². The summed E-state index contributed by atoms with van der Waals surface area (Å²) < 4.78 is 5.44. The maximum atomic E-state index is 13.0. The summed E-state index contributed by atoms with van der Waals surface area (Å²) in [6.45, 7) is 6.12. The minimum atomic E-state index is 0.0931. The third-order valence-electron chi connectivity index (χ3n) is 6.05. The number of carbonyl (C=O) groups is 1. The number of nitrogens with one attached hydrogen (secondary N) is 1. The van der Waals surface area contributed by atoms with Crippen molar-refractivity contribution in [3.63, 3.8) is 0 Å². The topological polar surface area (TPSA) is 48.1 Å². The molecule has 0 unspecified atom stereocenters. The number of ether oxygens (including phenoxy) is 1. The second-order valence-electron chi connectivity index (χ2n) is 8.57. The van der Waals surface area contributed by atoms with E-state index in [1.54, 1.807) is 0 Å². The van der Waals surface area contributed by atoms with E-state index in [1.807, 2.05) is 19.0 Å². The van der Waals surface area contributed by atoms with Gasteiger partial charge in [-0.05, 0) is 37.0 Å². The Morgan fingerprint density at radius 2 is 1.79 bits per heavy atom. The van der Waals surface area contributed by atoms with Crippen LogP contribution in [0.1, 0.15) is 44.1 Å². The van der Waals surface area contributed by atoms with Gasteiger partial charge in [-0.15, -0.1) is 0 Å². The van der Waals surface area contributed by atoms with Crippen molar-refractivity contribution in [2.75, 3.05) is 58.4 Å². The van der Waals surface area contributed by atoms with Gasteiger partial charge in [0.05, 0.1) is 13.2 Å². The van der Waals surface area contributed by atoms with Crippen LogP contribution in [0.25, 0.3) is 0 Å². The summed E-state index contributed by atoms with van der Waals surface area (Å²) in [6.07, 6.45) is 6.99. The average molecular weight is 403 g/mol. The van der Waals surface area contributed by atoms with Crippen molar-refractivity contribution >= 4 is 11.7 Å². The van der Waals surface area contributed by atoms with Crippen LogP contribution < -0.4 is 10.2 Å². The molecule has 0 aromatic heterocycles. The Kier molecular flexibility index (Phi) is 8.62. The lowest BCUT2D eigenvalue weighted by Gasteiger charge is -2.30. The molecule has 0 atom stereocenters. The van der Waals surface area contributed by atoms with Crippen molar-refractivity contribution in [3.05, 3.63) is 29.8 Å². The molecule has 162 valence electrons. The number of carbonyl (C=O) groups excluding carboxylic acids is 1. The van der Waals surface area contributed by atoms with Gasteiger partial charge in [-0.1, -0.05) is 31.4 Å². The molecule has 2 aliphatic rings. The molecule has 6 heteroatoms. The first-order valence-corrected chi connectivity index (χ1v) is 11.2. The number of rotatable bonds is 8. The zero-order chi connectivity index (χ0) is 20.5.